The lowest BCUT2D eigenvalue weighted by molar-refractivity contribution is -0.120. The number of benzene rings is 3. The Hall–Kier alpha value is -4.20. The third-order valence-electron chi connectivity index (χ3n) is 5.02. The maximum Gasteiger partial charge on any atom is 0.338 e. The van der Waals surface area contributed by atoms with Crippen molar-refractivity contribution in [2.45, 2.75) is 26.9 Å². The van der Waals surface area contributed by atoms with Crippen LogP contribution in [0, 0.1) is 11.7 Å². The smallest absolute Gasteiger partial charge is 0.338 e. The molecular formula is C28H29FN2O5. The van der Waals surface area contributed by atoms with Gasteiger partial charge in [-0.05, 0) is 71.6 Å². The van der Waals surface area contributed by atoms with E-state index in [0.717, 1.165) is 11.1 Å². The summed E-state index contributed by atoms with van der Waals surface area (Å²) >= 11 is 0. The van der Waals surface area contributed by atoms with E-state index < -0.39 is 0 Å². The summed E-state index contributed by atoms with van der Waals surface area (Å²) < 4.78 is 29.5. The fraction of sp³-hybridized carbons (Fsp3) is 0.250. The van der Waals surface area contributed by atoms with Crippen molar-refractivity contribution in [3.05, 3.63) is 94.8 Å². The first kappa shape index (κ1) is 26.4. The number of rotatable bonds is 11. The van der Waals surface area contributed by atoms with Crippen LogP contribution in [0.15, 0.2) is 71.8 Å². The molecule has 0 radical (unpaired) electrons. The standard InChI is InChI=1S/C28H29FN2O5/c1-19(2)17-36-28(33)22-7-11-25(12-8-22)35-18-23-14-21(6-13-26(23)34-3)16-30-31-27(32)15-20-4-9-24(29)10-5-20/h4-14,16,19H,15,17-18H2,1-3H3,(H,31,32)/b30-16+. The molecule has 0 unspecified atom stereocenters. The minimum Gasteiger partial charge on any atom is -0.496 e. The molecule has 0 aliphatic rings. The van der Waals surface area contributed by atoms with E-state index in [1.165, 1.54) is 18.3 Å². The molecule has 0 saturated heterocycles. The predicted molar refractivity (Wildman–Crippen MR) is 135 cm³/mol. The third kappa shape index (κ3) is 8.23. The van der Waals surface area contributed by atoms with Crippen LogP contribution in [-0.4, -0.2) is 31.8 Å². The van der Waals surface area contributed by atoms with Gasteiger partial charge in [0.15, 0.2) is 0 Å². The Kier molecular flexibility index (Phi) is 9.56. The van der Waals surface area contributed by atoms with Gasteiger partial charge in [-0.25, -0.2) is 14.6 Å². The Balaban J connectivity index is 1.56. The monoisotopic (exact) mass is 492 g/mol. The van der Waals surface area contributed by atoms with E-state index in [9.17, 15) is 14.0 Å². The molecule has 0 bridgehead atoms. The summed E-state index contributed by atoms with van der Waals surface area (Å²) in [4.78, 5) is 24.1. The van der Waals surface area contributed by atoms with Gasteiger partial charge < -0.3 is 14.2 Å². The van der Waals surface area contributed by atoms with Crippen LogP contribution in [0.25, 0.3) is 0 Å². The second-order valence-corrected chi connectivity index (χ2v) is 8.47. The van der Waals surface area contributed by atoms with Crippen LogP contribution >= 0.6 is 0 Å². The zero-order valence-electron chi connectivity index (χ0n) is 20.5. The van der Waals surface area contributed by atoms with Gasteiger partial charge in [0.05, 0.1) is 31.9 Å². The highest BCUT2D eigenvalue weighted by molar-refractivity contribution is 5.89. The number of hydrogen-bond acceptors (Lipinski definition) is 6. The van der Waals surface area contributed by atoms with E-state index in [1.54, 1.807) is 55.6 Å². The quantitative estimate of drug-likeness (QED) is 0.233. The average molecular weight is 493 g/mol. The van der Waals surface area contributed by atoms with Gasteiger partial charge in [-0.1, -0.05) is 26.0 Å². The fourth-order valence-corrected chi connectivity index (χ4v) is 3.17. The lowest BCUT2D eigenvalue weighted by Crippen LogP contribution is -2.19. The largest absolute Gasteiger partial charge is 0.496 e. The molecule has 0 aromatic heterocycles. The second-order valence-electron chi connectivity index (χ2n) is 8.47. The first-order valence-electron chi connectivity index (χ1n) is 11.5. The van der Waals surface area contributed by atoms with Gasteiger partial charge in [0.1, 0.15) is 23.9 Å². The molecule has 7 nitrogen and oxygen atoms in total. The van der Waals surface area contributed by atoms with Gasteiger partial charge in [0.25, 0.3) is 0 Å². The summed E-state index contributed by atoms with van der Waals surface area (Å²) in [6, 6.07) is 17.9. The number of amides is 1. The van der Waals surface area contributed by atoms with Crippen molar-refractivity contribution in [2.75, 3.05) is 13.7 Å². The van der Waals surface area contributed by atoms with Crippen LogP contribution < -0.4 is 14.9 Å². The minimum atomic E-state index is -0.367. The van der Waals surface area contributed by atoms with Crippen molar-refractivity contribution in [2.24, 2.45) is 11.0 Å². The molecule has 0 spiro atoms. The lowest BCUT2D eigenvalue weighted by Gasteiger charge is -2.12. The molecule has 0 saturated carbocycles. The molecule has 36 heavy (non-hydrogen) atoms. The van der Waals surface area contributed by atoms with Gasteiger partial charge in [-0.15, -0.1) is 0 Å². The number of hydrogen-bond donors (Lipinski definition) is 1. The molecule has 0 atom stereocenters. The molecule has 3 rings (SSSR count). The number of halogens is 1. The molecule has 0 aliphatic heterocycles. The normalized spacial score (nSPS) is 10.9. The lowest BCUT2D eigenvalue weighted by atomic mass is 10.1. The summed E-state index contributed by atoms with van der Waals surface area (Å²) in [5, 5.41) is 4.00. The number of hydrazone groups is 1. The first-order valence-corrected chi connectivity index (χ1v) is 11.5. The maximum absolute atomic E-state index is 13.0. The molecule has 1 amide bonds. The van der Waals surface area contributed by atoms with Crippen LogP contribution in [0.2, 0.25) is 0 Å². The highest BCUT2D eigenvalue weighted by atomic mass is 19.1. The van der Waals surface area contributed by atoms with Crippen LogP contribution in [0.1, 0.15) is 40.9 Å². The fourth-order valence-electron chi connectivity index (χ4n) is 3.17. The zero-order valence-corrected chi connectivity index (χ0v) is 20.5. The number of methoxy groups -OCH3 is 1. The van der Waals surface area contributed by atoms with Crippen LogP contribution in [0.3, 0.4) is 0 Å². The number of ether oxygens (including phenoxy) is 3. The van der Waals surface area contributed by atoms with Crippen molar-refractivity contribution in [1.82, 2.24) is 5.43 Å². The summed E-state index contributed by atoms with van der Waals surface area (Å²) in [6.45, 7) is 4.55. The zero-order chi connectivity index (χ0) is 25.9. The van der Waals surface area contributed by atoms with Crippen molar-refractivity contribution in [1.29, 1.82) is 0 Å². The van der Waals surface area contributed by atoms with E-state index in [4.69, 9.17) is 14.2 Å². The Morgan fingerprint density at radius 3 is 2.42 bits per heavy atom. The van der Waals surface area contributed by atoms with E-state index in [1.807, 2.05) is 19.9 Å². The highest BCUT2D eigenvalue weighted by Gasteiger charge is 2.10. The predicted octanol–water partition coefficient (Wildman–Crippen LogP) is 4.92. The number of nitrogens with one attached hydrogen (secondary N) is 1. The molecule has 1 N–H and O–H groups in total. The van der Waals surface area contributed by atoms with E-state index in [0.29, 0.717) is 29.2 Å². The van der Waals surface area contributed by atoms with Crippen LogP contribution in [-0.2, 0) is 22.6 Å². The van der Waals surface area contributed by atoms with Gasteiger partial charge in [0, 0.05) is 5.56 Å². The Morgan fingerprint density at radius 1 is 1.03 bits per heavy atom. The molecule has 3 aromatic rings. The van der Waals surface area contributed by atoms with Gasteiger partial charge in [-0.3, -0.25) is 4.79 Å². The Morgan fingerprint density at radius 2 is 1.75 bits per heavy atom. The summed E-state index contributed by atoms with van der Waals surface area (Å²) in [5.74, 6) is 0.464. The molecule has 188 valence electrons. The molecule has 0 fully saturated rings. The van der Waals surface area contributed by atoms with Crippen molar-refractivity contribution in [3.8, 4) is 11.5 Å². The van der Waals surface area contributed by atoms with Crippen LogP contribution in [0.4, 0.5) is 4.39 Å². The topological polar surface area (TPSA) is 86.2 Å². The van der Waals surface area contributed by atoms with Gasteiger partial charge >= 0.3 is 5.97 Å². The molecule has 0 aliphatic carbocycles. The molecule has 3 aromatic carbocycles. The number of carbonyl (C=O) groups is 2. The van der Waals surface area contributed by atoms with E-state index in [-0.39, 0.29) is 36.6 Å². The van der Waals surface area contributed by atoms with Gasteiger partial charge in [-0.2, -0.15) is 5.10 Å². The second kappa shape index (κ2) is 13.0. The van der Waals surface area contributed by atoms with Crippen molar-refractivity contribution < 1.29 is 28.2 Å². The average Bonchev–Trinajstić information content (AvgIpc) is 2.87. The molecule has 8 heteroatoms. The SMILES string of the molecule is COc1ccc(/C=N/NC(=O)Cc2ccc(F)cc2)cc1COc1ccc(C(=O)OCC(C)C)cc1. The Labute approximate surface area is 209 Å². The van der Waals surface area contributed by atoms with Crippen molar-refractivity contribution >= 4 is 18.1 Å². The number of carbonyl (C=O) groups excluding carboxylic acids is 2. The van der Waals surface area contributed by atoms with Crippen molar-refractivity contribution in [3.63, 3.8) is 0 Å². The molecule has 0 heterocycles. The molecular weight excluding hydrogens is 463 g/mol. The third-order valence-corrected chi connectivity index (χ3v) is 5.02. The Bertz CT molecular complexity index is 1190. The van der Waals surface area contributed by atoms with Gasteiger partial charge in [0.2, 0.25) is 5.91 Å². The van der Waals surface area contributed by atoms with E-state index >= 15 is 0 Å². The van der Waals surface area contributed by atoms with Crippen LogP contribution in [0.5, 0.6) is 11.5 Å². The number of nitrogens with zero attached hydrogens (tertiary/aromatic N) is 1. The highest BCUT2D eigenvalue weighted by Crippen LogP contribution is 2.22. The summed E-state index contributed by atoms with van der Waals surface area (Å²) in [5.41, 5.74) is 5.13. The van der Waals surface area contributed by atoms with E-state index in [2.05, 4.69) is 10.5 Å². The number of esters is 1. The summed E-state index contributed by atoms with van der Waals surface area (Å²) in [6.07, 6.45) is 1.61. The minimum absolute atomic E-state index is 0.0908. The maximum atomic E-state index is 13.0. The summed E-state index contributed by atoms with van der Waals surface area (Å²) in [7, 11) is 1.57. The first-order chi connectivity index (χ1) is 17.3.